The van der Waals surface area contributed by atoms with Crippen molar-refractivity contribution in [2.24, 2.45) is 0 Å². The van der Waals surface area contributed by atoms with Crippen LogP contribution < -0.4 is 5.32 Å². The lowest BCUT2D eigenvalue weighted by atomic mass is 10.2. The number of phenols is 1. The molecule has 0 aliphatic carbocycles. The van der Waals surface area contributed by atoms with Gasteiger partial charge in [-0.15, -0.1) is 11.3 Å². The molecule has 2 rings (SSSR count). The van der Waals surface area contributed by atoms with Crippen LogP contribution >= 0.6 is 11.3 Å². The largest absolute Gasteiger partial charge is 0.508 e. The Hall–Kier alpha value is -1.39. The summed E-state index contributed by atoms with van der Waals surface area (Å²) in [6.45, 7) is 2.59. The van der Waals surface area contributed by atoms with Crippen LogP contribution in [0.1, 0.15) is 23.4 Å². The molecule has 1 aromatic carbocycles. The predicted octanol–water partition coefficient (Wildman–Crippen LogP) is 3.44. The predicted molar refractivity (Wildman–Crippen MR) is 67.6 cm³/mol. The van der Waals surface area contributed by atoms with E-state index in [0.717, 1.165) is 11.6 Å². The zero-order chi connectivity index (χ0) is 12.3. The zero-order valence-corrected chi connectivity index (χ0v) is 10.3. The number of phenolic OH excluding ortho intramolecular Hbond substituents is 1. The zero-order valence-electron chi connectivity index (χ0n) is 9.48. The summed E-state index contributed by atoms with van der Waals surface area (Å²) in [5, 5.41) is 14.6. The Kier molecular flexibility index (Phi) is 3.76. The highest BCUT2D eigenvalue weighted by Crippen LogP contribution is 2.19. The number of halogens is 1. The van der Waals surface area contributed by atoms with Crippen molar-refractivity contribution < 1.29 is 9.50 Å². The minimum Gasteiger partial charge on any atom is -0.508 e. The van der Waals surface area contributed by atoms with Gasteiger partial charge in [0.2, 0.25) is 0 Å². The number of benzene rings is 1. The van der Waals surface area contributed by atoms with Gasteiger partial charge in [-0.05, 0) is 36.1 Å². The van der Waals surface area contributed by atoms with E-state index in [-0.39, 0.29) is 11.8 Å². The van der Waals surface area contributed by atoms with E-state index in [1.165, 1.54) is 10.9 Å². The molecule has 0 radical (unpaired) electrons. The maximum atomic E-state index is 13.0. The number of rotatable bonds is 4. The number of hydrogen-bond donors (Lipinski definition) is 2. The van der Waals surface area contributed by atoms with Crippen molar-refractivity contribution in [2.75, 3.05) is 0 Å². The molecular weight excluding hydrogens is 237 g/mol. The Labute approximate surface area is 104 Å². The van der Waals surface area contributed by atoms with Crippen LogP contribution in [0, 0.1) is 5.82 Å². The summed E-state index contributed by atoms with van der Waals surface area (Å²) in [6.07, 6.45) is 0. The molecule has 0 unspecified atom stereocenters. The molecule has 0 saturated heterocycles. The molecule has 4 heteroatoms. The van der Waals surface area contributed by atoms with E-state index in [4.69, 9.17) is 0 Å². The normalized spacial score (nSPS) is 12.6. The fraction of sp³-hybridized carbons (Fsp3) is 0.231. The Morgan fingerprint density at radius 2 is 2.24 bits per heavy atom. The molecule has 90 valence electrons. The van der Waals surface area contributed by atoms with Crippen LogP contribution in [-0.4, -0.2) is 5.11 Å². The van der Waals surface area contributed by atoms with Gasteiger partial charge in [-0.3, -0.25) is 0 Å². The van der Waals surface area contributed by atoms with E-state index >= 15 is 0 Å². The molecule has 2 N–H and O–H groups in total. The van der Waals surface area contributed by atoms with Gasteiger partial charge in [0.05, 0.1) is 0 Å². The Morgan fingerprint density at radius 3 is 2.88 bits per heavy atom. The molecule has 0 bridgehead atoms. The Bertz CT molecular complexity index is 464. The van der Waals surface area contributed by atoms with Crippen LogP contribution in [0.2, 0.25) is 0 Å². The average Bonchev–Trinajstić information content (AvgIpc) is 2.78. The second-order valence-corrected chi connectivity index (χ2v) is 4.91. The van der Waals surface area contributed by atoms with Gasteiger partial charge in [-0.2, -0.15) is 0 Å². The topological polar surface area (TPSA) is 32.3 Å². The fourth-order valence-electron chi connectivity index (χ4n) is 1.64. The second kappa shape index (κ2) is 5.29. The highest BCUT2D eigenvalue weighted by atomic mass is 32.1. The molecule has 0 saturated carbocycles. The minimum absolute atomic E-state index is 0.0365. The summed E-state index contributed by atoms with van der Waals surface area (Å²) < 4.78 is 13.0. The molecule has 2 nitrogen and oxygen atoms in total. The van der Waals surface area contributed by atoms with Crippen molar-refractivity contribution in [1.29, 1.82) is 0 Å². The highest BCUT2D eigenvalue weighted by Gasteiger charge is 2.06. The van der Waals surface area contributed by atoms with E-state index in [1.807, 2.05) is 11.4 Å². The third-order valence-electron chi connectivity index (χ3n) is 2.52. The van der Waals surface area contributed by atoms with E-state index in [1.54, 1.807) is 17.4 Å². The maximum absolute atomic E-state index is 13.0. The lowest BCUT2D eigenvalue weighted by Gasteiger charge is -2.12. The van der Waals surface area contributed by atoms with Crippen LogP contribution in [-0.2, 0) is 6.54 Å². The van der Waals surface area contributed by atoms with Crippen LogP contribution in [0.25, 0.3) is 0 Å². The van der Waals surface area contributed by atoms with Crippen molar-refractivity contribution >= 4 is 11.3 Å². The molecule has 2 aromatic rings. The molecule has 0 fully saturated rings. The standard InChI is InChI=1S/C13H14FNOS/c1-9(13-3-2-4-17-13)15-8-10-5-11(14)7-12(16)6-10/h2-7,9,15-16H,8H2,1H3/t9-/m1/s1. The summed E-state index contributed by atoms with van der Waals surface area (Å²) >= 11 is 1.69. The van der Waals surface area contributed by atoms with Gasteiger partial charge in [0.1, 0.15) is 11.6 Å². The number of hydrogen-bond acceptors (Lipinski definition) is 3. The number of aromatic hydroxyl groups is 1. The van der Waals surface area contributed by atoms with Crippen molar-refractivity contribution in [3.8, 4) is 5.75 Å². The van der Waals surface area contributed by atoms with Gasteiger partial charge in [-0.25, -0.2) is 4.39 Å². The highest BCUT2D eigenvalue weighted by molar-refractivity contribution is 7.10. The molecule has 1 aromatic heterocycles. The lowest BCUT2D eigenvalue weighted by Crippen LogP contribution is -2.17. The summed E-state index contributed by atoms with van der Waals surface area (Å²) in [5.74, 6) is -0.448. The minimum atomic E-state index is -0.412. The first-order chi connectivity index (χ1) is 8.15. The Morgan fingerprint density at radius 1 is 1.41 bits per heavy atom. The quantitative estimate of drug-likeness (QED) is 0.872. The van der Waals surface area contributed by atoms with Gasteiger partial charge in [0, 0.05) is 23.5 Å². The molecule has 0 aliphatic rings. The third-order valence-corrected chi connectivity index (χ3v) is 3.58. The van der Waals surface area contributed by atoms with E-state index < -0.39 is 5.82 Å². The summed E-state index contributed by atoms with van der Waals surface area (Å²) in [6, 6.07) is 8.38. The van der Waals surface area contributed by atoms with E-state index in [0.29, 0.717) is 6.54 Å². The van der Waals surface area contributed by atoms with Gasteiger partial charge >= 0.3 is 0 Å². The van der Waals surface area contributed by atoms with Crippen molar-refractivity contribution in [1.82, 2.24) is 5.32 Å². The second-order valence-electron chi connectivity index (χ2n) is 3.94. The first-order valence-corrected chi connectivity index (χ1v) is 6.28. The molecular formula is C13H14FNOS. The molecule has 17 heavy (non-hydrogen) atoms. The summed E-state index contributed by atoms with van der Waals surface area (Å²) in [5.41, 5.74) is 0.742. The summed E-state index contributed by atoms with van der Waals surface area (Å²) in [7, 11) is 0. The molecule has 0 aliphatic heterocycles. The molecule has 0 amide bonds. The fourth-order valence-corrected chi connectivity index (χ4v) is 2.40. The van der Waals surface area contributed by atoms with E-state index in [9.17, 15) is 9.50 Å². The van der Waals surface area contributed by atoms with Crippen molar-refractivity contribution in [2.45, 2.75) is 19.5 Å². The van der Waals surface area contributed by atoms with Gasteiger partial charge in [-0.1, -0.05) is 6.07 Å². The van der Waals surface area contributed by atoms with Crippen molar-refractivity contribution in [3.05, 3.63) is 52.0 Å². The molecule has 0 spiro atoms. The van der Waals surface area contributed by atoms with Crippen LogP contribution in [0.4, 0.5) is 4.39 Å². The monoisotopic (exact) mass is 251 g/mol. The van der Waals surface area contributed by atoms with Gasteiger partial charge in [0.15, 0.2) is 0 Å². The number of nitrogens with one attached hydrogen (secondary N) is 1. The van der Waals surface area contributed by atoms with Crippen LogP contribution in [0.5, 0.6) is 5.75 Å². The number of thiophene rings is 1. The van der Waals surface area contributed by atoms with Gasteiger partial charge < -0.3 is 10.4 Å². The van der Waals surface area contributed by atoms with Gasteiger partial charge in [0.25, 0.3) is 0 Å². The van der Waals surface area contributed by atoms with Crippen molar-refractivity contribution in [3.63, 3.8) is 0 Å². The third kappa shape index (κ3) is 3.28. The lowest BCUT2D eigenvalue weighted by molar-refractivity contribution is 0.466. The Balaban J connectivity index is 1.98. The SMILES string of the molecule is C[C@@H](NCc1cc(O)cc(F)c1)c1cccs1. The first kappa shape index (κ1) is 12.1. The smallest absolute Gasteiger partial charge is 0.127 e. The first-order valence-electron chi connectivity index (χ1n) is 5.40. The van der Waals surface area contributed by atoms with Crippen LogP contribution in [0.3, 0.4) is 0 Å². The average molecular weight is 251 g/mol. The molecule has 1 heterocycles. The van der Waals surface area contributed by atoms with Crippen LogP contribution in [0.15, 0.2) is 35.7 Å². The van der Waals surface area contributed by atoms with E-state index in [2.05, 4.69) is 18.3 Å². The summed E-state index contributed by atoms with van der Waals surface area (Å²) in [4.78, 5) is 1.24. The molecule has 1 atom stereocenters. The maximum Gasteiger partial charge on any atom is 0.127 e.